The summed E-state index contributed by atoms with van der Waals surface area (Å²) < 4.78 is 15.2. The molecule has 6 nitrogen and oxygen atoms in total. The molecule has 0 aromatic heterocycles. The smallest absolute Gasteiger partial charge is 0.237 e. The van der Waals surface area contributed by atoms with Gasteiger partial charge in [0.05, 0.1) is 32.0 Å². The Morgan fingerprint density at radius 3 is 2.12 bits per heavy atom. The van der Waals surface area contributed by atoms with E-state index in [1.807, 2.05) is 0 Å². The lowest BCUT2D eigenvalue weighted by Gasteiger charge is -2.19. The zero-order valence-corrected chi connectivity index (χ0v) is 10.0. The van der Waals surface area contributed by atoms with Crippen molar-refractivity contribution in [3.63, 3.8) is 0 Å². The lowest BCUT2D eigenvalue weighted by molar-refractivity contribution is -0.123. The second-order valence-electron chi connectivity index (χ2n) is 3.75. The number of carbonyl (C=O) groups is 1. The van der Waals surface area contributed by atoms with E-state index in [-0.39, 0.29) is 0 Å². The van der Waals surface area contributed by atoms with E-state index in [0.29, 0.717) is 39.5 Å². The molecule has 0 saturated heterocycles. The molecule has 0 aliphatic rings. The molecule has 96 valence electrons. The van der Waals surface area contributed by atoms with Crippen LogP contribution in [-0.4, -0.2) is 51.6 Å². The van der Waals surface area contributed by atoms with Crippen LogP contribution in [0.2, 0.25) is 0 Å². The van der Waals surface area contributed by atoms with Gasteiger partial charge in [0.25, 0.3) is 0 Å². The minimum Gasteiger partial charge on any atom is -0.382 e. The van der Waals surface area contributed by atoms with Gasteiger partial charge in [-0.2, -0.15) is 0 Å². The lowest BCUT2D eigenvalue weighted by atomic mass is 9.99. The van der Waals surface area contributed by atoms with Crippen molar-refractivity contribution in [2.75, 3.05) is 40.1 Å². The number of primary amides is 1. The Labute approximate surface area is 96.2 Å². The van der Waals surface area contributed by atoms with Gasteiger partial charge in [-0.05, 0) is 13.3 Å². The molecule has 0 rings (SSSR count). The fraction of sp³-hybridized carbons (Fsp3) is 0.900. The molecule has 16 heavy (non-hydrogen) atoms. The van der Waals surface area contributed by atoms with Gasteiger partial charge < -0.3 is 25.7 Å². The first-order valence-corrected chi connectivity index (χ1v) is 5.24. The first-order chi connectivity index (χ1) is 7.50. The summed E-state index contributed by atoms with van der Waals surface area (Å²) in [5.74, 6) is -0.521. The number of nitrogens with two attached hydrogens (primary N) is 2. The maximum absolute atomic E-state index is 10.9. The highest BCUT2D eigenvalue weighted by atomic mass is 16.5. The molecule has 4 N–H and O–H groups in total. The quantitative estimate of drug-likeness (QED) is 0.485. The number of carbonyl (C=O) groups excluding carboxylic acids is 1. The largest absolute Gasteiger partial charge is 0.382 e. The molecule has 0 aliphatic heterocycles. The summed E-state index contributed by atoms with van der Waals surface area (Å²) >= 11 is 0. The first kappa shape index (κ1) is 15.3. The third-order valence-corrected chi connectivity index (χ3v) is 2.13. The van der Waals surface area contributed by atoms with Crippen LogP contribution in [0.25, 0.3) is 0 Å². The molecule has 0 bridgehead atoms. The minimum atomic E-state index is -1.00. The number of hydrogen-bond donors (Lipinski definition) is 2. The standard InChI is InChI=1S/C10H22N2O4/c1-10(12,9(11)13)3-4-15-7-8-16-6-5-14-2/h3-8,12H2,1-2H3,(H2,11,13). The molecule has 0 aliphatic carbocycles. The number of rotatable bonds is 10. The molecule has 1 unspecified atom stereocenters. The van der Waals surface area contributed by atoms with E-state index in [1.165, 1.54) is 0 Å². The van der Waals surface area contributed by atoms with Crippen molar-refractivity contribution >= 4 is 5.91 Å². The highest BCUT2D eigenvalue weighted by molar-refractivity contribution is 5.83. The Bertz CT molecular complexity index is 197. The van der Waals surface area contributed by atoms with E-state index in [4.69, 9.17) is 25.7 Å². The van der Waals surface area contributed by atoms with Gasteiger partial charge in [0.2, 0.25) is 5.91 Å². The average molecular weight is 234 g/mol. The van der Waals surface area contributed by atoms with E-state index in [0.717, 1.165) is 0 Å². The van der Waals surface area contributed by atoms with E-state index in [9.17, 15) is 4.79 Å². The summed E-state index contributed by atoms with van der Waals surface area (Å²) in [7, 11) is 1.62. The van der Waals surface area contributed by atoms with Gasteiger partial charge >= 0.3 is 0 Å². The summed E-state index contributed by atoms with van der Waals surface area (Å²) in [6.45, 7) is 4.08. The lowest BCUT2D eigenvalue weighted by Crippen LogP contribution is -2.50. The number of ether oxygens (including phenoxy) is 3. The summed E-state index contributed by atoms with van der Waals surface area (Å²) in [5.41, 5.74) is 9.74. The van der Waals surface area contributed by atoms with Crippen LogP contribution in [0, 0.1) is 0 Å². The Morgan fingerprint density at radius 1 is 1.12 bits per heavy atom. The zero-order valence-electron chi connectivity index (χ0n) is 10.0. The van der Waals surface area contributed by atoms with Crippen molar-refractivity contribution in [1.29, 1.82) is 0 Å². The van der Waals surface area contributed by atoms with Crippen molar-refractivity contribution < 1.29 is 19.0 Å². The van der Waals surface area contributed by atoms with Crippen molar-refractivity contribution in [1.82, 2.24) is 0 Å². The van der Waals surface area contributed by atoms with Crippen molar-refractivity contribution in [2.24, 2.45) is 11.5 Å². The molecular weight excluding hydrogens is 212 g/mol. The second-order valence-corrected chi connectivity index (χ2v) is 3.75. The molecular formula is C10H22N2O4. The van der Waals surface area contributed by atoms with E-state index < -0.39 is 11.4 Å². The van der Waals surface area contributed by atoms with Gasteiger partial charge in [0.1, 0.15) is 0 Å². The van der Waals surface area contributed by atoms with Crippen LogP contribution in [0.3, 0.4) is 0 Å². The topological polar surface area (TPSA) is 96.8 Å². The van der Waals surface area contributed by atoms with Gasteiger partial charge in [-0.15, -0.1) is 0 Å². The molecule has 1 amide bonds. The van der Waals surface area contributed by atoms with Crippen LogP contribution >= 0.6 is 0 Å². The molecule has 0 fully saturated rings. The van der Waals surface area contributed by atoms with Crippen LogP contribution in [0.1, 0.15) is 13.3 Å². The van der Waals surface area contributed by atoms with Crippen LogP contribution < -0.4 is 11.5 Å². The summed E-state index contributed by atoms with van der Waals surface area (Å²) in [6, 6.07) is 0. The Balaban J connectivity index is 3.30. The third-order valence-electron chi connectivity index (χ3n) is 2.13. The van der Waals surface area contributed by atoms with Crippen molar-refractivity contribution in [2.45, 2.75) is 18.9 Å². The molecule has 6 heteroatoms. The Kier molecular flexibility index (Phi) is 8.10. The highest BCUT2D eigenvalue weighted by Crippen LogP contribution is 2.04. The average Bonchev–Trinajstić information content (AvgIpc) is 2.21. The fourth-order valence-electron chi connectivity index (χ4n) is 0.872. The third kappa shape index (κ3) is 7.58. The molecule has 0 spiro atoms. The van der Waals surface area contributed by atoms with Gasteiger partial charge in [-0.25, -0.2) is 0 Å². The van der Waals surface area contributed by atoms with E-state index in [2.05, 4.69) is 0 Å². The summed E-state index contributed by atoms with van der Waals surface area (Å²) in [6.07, 6.45) is 0.403. The van der Waals surface area contributed by atoms with Crippen molar-refractivity contribution in [3.8, 4) is 0 Å². The van der Waals surface area contributed by atoms with E-state index in [1.54, 1.807) is 14.0 Å². The molecule has 0 heterocycles. The Hall–Kier alpha value is -0.690. The van der Waals surface area contributed by atoms with Gasteiger partial charge in [-0.3, -0.25) is 4.79 Å². The second kappa shape index (κ2) is 8.46. The molecule has 1 atom stereocenters. The predicted molar refractivity (Wildman–Crippen MR) is 59.9 cm³/mol. The normalized spacial score (nSPS) is 14.7. The monoisotopic (exact) mass is 234 g/mol. The first-order valence-electron chi connectivity index (χ1n) is 5.24. The van der Waals surface area contributed by atoms with Gasteiger partial charge in [0, 0.05) is 13.7 Å². The summed E-state index contributed by atoms with van der Waals surface area (Å²) in [5, 5.41) is 0. The summed E-state index contributed by atoms with van der Waals surface area (Å²) in [4.78, 5) is 10.9. The maximum atomic E-state index is 10.9. The maximum Gasteiger partial charge on any atom is 0.237 e. The van der Waals surface area contributed by atoms with Crippen LogP contribution in [-0.2, 0) is 19.0 Å². The highest BCUT2D eigenvalue weighted by Gasteiger charge is 2.24. The number of amides is 1. The Morgan fingerprint density at radius 2 is 1.62 bits per heavy atom. The number of hydrogen-bond acceptors (Lipinski definition) is 5. The predicted octanol–water partition coefficient (Wildman–Crippen LogP) is -0.741. The zero-order chi connectivity index (χ0) is 12.4. The van der Waals surface area contributed by atoms with Crippen LogP contribution in [0.5, 0.6) is 0 Å². The van der Waals surface area contributed by atoms with Gasteiger partial charge in [0.15, 0.2) is 0 Å². The van der Waals surface area contributed by atoms with E-state index >= 15 is 0 Å². The van der Waals surface area contributed by atoms with Crippen LogP contribution in [0.4, 0.5) is 0 Å². The molecule has 0 aromatic carbocycles. The van der Waals surface area contributed by atoms with Crippen LogP contribution in [0.15, 0.2) is 0 Å². The minimum absolute atomic E-state index is 0.392. The number of methoxy groups -OCH3 is 1. The molecule has 0 radical (unpaired) electrons. The van der Waals surface area contributed by atoms with Gasteiger partial charge in [-0.1, -0.05) is 0 Å². The molecule has 0 saturated carbocycles. The SMILES string of the molecule is COCCOCCOCCC(C)(N)C(N)=O. The van der Waals surface area contributed by atoms with Crippen molar-refractivity contribution in [3.05, 3.63) is 0 Å². The molecule has 0 aromatic rings. The fourth-order valence-corrected chi connectivity index (χ4v) is 0.872.